The maximum absolute atomic E-state index is 10.3. The van der Waals surface area contributed by atoms with E-state index in [-0.39, 0.29) is 0 Å². The standard InChI is InChI=1S/C19H27NO2S/c1-15(2)11-20(13-19-10-9-16(3)23-19)12-17(21)14-22-18-7-5-4-6-8-18/h4-10,15,17,21H,11-14H2,1-3H3. The van der Waals surface area contributed by atoms with Crippen molar-refractivity contribution in [1.29, 1.82) is 0 Å². The SMILES string of the molecule is Cc1ccc(CN(CC(C)C)CC(O)COc2ccccc2)s1. The Morgan fingerprint density at radius 1 is 1.09 bits per heavy atom. The number of aliphatic hydroxyl groups excluding tert-OH is 1. The van der Waals surface area contributed by atoms with Crippen molar-refractivity contribution in [3.63, 3.8) is 0 Å². The number of thiophene rings is 1. The van der Waals surface area contributed by atoms with Crippen molar-refractivity contribution in [1.82, 2.24) is 4.90 Å². The van der Waals surface area contributed by atoms with Crippen molar-refractivity contribution < 1.29 is 9.84 Å². The van der Waals surface area contributed by atoms with Crippen molar-refractivity contribution in [2.45, 2.75) is 33.4 Å². The van der Waals surface area contributed by atoms with Crippen molar-refractivity contribution in [3.8, 4) is 5.75 Å². The molecule has 4 heteroatoms. The van der Waals surface area contributed by atoms with E-state index in [4.69, 9.17) is 4.74 Å². The molecule has 3 nitrogen and oxygen atoms in total. The molecule has 0 saturated heterocycles. The first kappa shape index (κ1) is 18.0. The minimum atomic E-state index is -0.491. The van der Waals surface area contributed by atoms with Crippen LogP contribution in [0.15, 0.2) is 42.5 Å². The lowest BCUT2D eigenvalue weighted by molar-refractivity contribution is 0.0618. The predicted molar refractivity (Wildman–Crippen MR) is 97.1 cm³/mol. The third-order valence-corrected chi connectivity index (χ3v) is 4.44. The largest absolute Gasteiger partial charge is 0.491 e. The van der Waals surface area contributed by atoms with Gasteiger partial charge in [0.2, 0.25) is 0 Å². The molecule has 0 bridgehead atoms. The molecule has 1 N–H and O–H groups in total. The van der Waals surface area contributed by atoms with Crippen LogP contribution in [0.1, 0.15) is 23.6 Å². The molecule has 1 heterocycles. The number of nitrogens with zero attached hydrogens (tertiary/aromatic N) is 1. The Labute approximate surface area is 143 Å². The maximum Gasteiger partial charge on any atom is 0.119 e. The van der Waals surface area contributed by atoms with Crippen LogP contribution in [0.25, 0.3) is 0 Å². The second kappa shape index (κ2) is 9.06. The fraction of sp³-hybridized carbons (Fsp3) is 0.474. The van der Waals surface area contributed by atoms with E-state index < -0.39 is 6.10 Å². The highest BCUT2D eigenvalue weighted by Gasteiger charge is 2.15. The van der Waals surface area contributed by atoms with Gasteiger partial charge in [0.05, 0.1) is 0 Å². The summed E-state index contributed by atoms with van der Waals surface area (Å²) in [4.78, 5) is 4.99. The van der Waals surface area contributed by atoms with E-state index in [0.717, 1.165) is 18.8 Å². The number of hydrogen-bond donors (Lipinski definition) is 1. The quantitative estimate of drug-likeness (QED) is 0.754. The first-order chi connectivity index (χ1) is 11.0. The van der Waals surface area contributed by atoms with Crippen LogP contribution in [0.5, 0.6) is 5.75 Å². The van der Waals surface area contributed by atoms with Gasteiger partial charge in [-0.1, -0.05) is 32.0 Å². The predicted octanol–water partition coefficient (Wildman–Crippen LogP) is 3.95. The maximum atomic E-state index is 10.3. The summed E-state index contributed by atoms with van der Waals surface area (Å²) in [5, 5.41) is 10.3. The molecular weight excluding hydrogens is 306 g/mol. The van der Waals surface area contributed by atoms with E-state index in [1.54, 1.807) is 0 Å². The zero-order valence-corrected chi connectivity index (χ0v) is 15.1. The zero-order chi connectivity index (χ0) is 16.7. The Kier molecular flexibility index (Phi) is 7.09. The van der Waals surface area contributed by atoms with Gasteiger partial charge >= 0.3 is 0 Å². The zero-order valence-electron chi connectivity index (χ0n) is 14.2. The molecule has 0 saturated carbocycles. The number of rotatable bonds is 9. The summed E-state index contributed by atoms with van der Waals surface area (Å²) in [7, 11) is 0. The van der Waals surface area contributed by atoms with Crippen molar-refractivity contribution >= 4 is 11.3 Å². The summed E-state index contributed by atoms with van der Waals surface area (Å²) in [5.41, 5.74) is 0. The molecule has 0 aliphatic heterocycles. The average molecular weight is 333 g/mol. The van der Waals surface area contributed by atoms with Gasteiger partial charge in [0.25, 0.3) is 0 Å². The first-order valence-corrected chi connectivity index (χ1v) is 8.98. The third-order valence-electron chi connectivity index (χ3n) is 3.45. The van der Waals surface area contributed by atoms with Crippen molar-refractivity contribution in [3.05, 3.63) is 52.2 Å². The second-order valence-corrected chi connectivity index (χ2v) is 7.75. The molecule has 126 valence electrons. The molecule has 1 atom stereocenters. The van der Waals surface area contributed by atoms with Gasteiger partial charge in [-0.05, 0) is 37.1 Å². The van der Waals surface area contributed by atoms with E-state index in [2.05, 4.69) is 37.8 Å². The van der Waals surface area contributed by atoms with Crippen LogP contribution < -0.4 is 4.74 Å². The number of hydrogen-bond acceptors (Lipinski definition) is 4. The van der Waals surface area contributed by atoms with Gasteiger partial charge in [0.1, 0.15) is 18.5 Å². The molecule has 23 heavy (non-hydrogen) atoms. The molecule has 0 fully saturated rings. The molecule has 1 unspecified atom stereocenters. The lowest BCUT2D eigenvalue weighted by atomic mass is 10.2. The van der Waals surface area contributed by atoms with Crippen LogP contribution in [0.3, 0.4) is 0 Å². The number of aliphatic hydroxyl groups is 1. The summed E-state index contributed by atoms with van der Waals surface area (Å²) in [6.45, 7) is 9.35. The van der Waals surface area contributed by atoms with E-state index in [0.29, 0.717) is 19.1 Å². The van der Waals surface area contributed by atoms with Gasteiger partial charge in [-0.3, -0.25) is 4.90 Å². The van der Waals surface area contributed by atoms with E-state index >= 15 is 0 Å². The molecule has 0 amide bonds. The molecule has 0 aliphatic carbocycles. The number of para-hydroxylation sites is 1. The fourth-order valence-electron chi connectivity index (χ4n) is 2.57. The van der Waals surface area contributed by atoms with Crippen LogP contribution in [0, 0.1) is 12.8 Å². The summed E-state index contributed by atoms with van der Waals surface area (Å²) < 4.78 is 5.65. The lowest BCUT2D eigenvalue weighted by Crippen LogP contribution is -2.37. The summed E-state index contributed by atoms with van der Waals surface area (Å²) in [6.07, 6.45) is -0.491. The summed E-state index contributed by atoms with van der Waals surface area (Å²) in [5.74, 6) is 1.37. The van der Waals surface area contributed by atoms with Gasteiger partial charge in [-0.25, -0.2) is 0 Å². The number of ether oxygens (including phenoxy) is 1. The Hall–Kier alpha value is -1.36. The fourth-order valence-corrected chi connectivity index (χ4v) is 3.50. The third kappa shape index (κ3) is 6.73. The number of aryl methyl sites for hydroxylation is 1. The average Bonchev–Trinajstić information content (AvgIpc) is 2.90. The molecule has 2 rings (SSSR count). The highest BCUT2D eigenvalue weighted by Crippen LogP contribution is 2.18. The smallest absolute Gasteiger partial charge is 0.119 e. The van der Waals surface area contributed by atoms with E-state index in [1.165, 1.54) is 9.75 Å². The van der Waals surface area contributed by atoms with Crippen LogP contribution in [-0.4, -0.2) is 35.8 Å². The van der Waals surface area contributed by atoms with Gasteiger partial charge in [-0.2, -0.15) is 0 Å². The second-order valence-electron chi connectivity index (χ2n) is 6.38. The van der Waals surface area contributed by atoms with Gasteiger partial charge in [-0.15, -0.1) is 11.3 Å². The van der Waals surface area contributed by atoms with Crippen LogP contribution >= 0.6 is 11.3 Å². The molecule has 0 radical (unpaired) electrons. The van der Waals surface area contributed by atoms with Crippen LogP contribution in [0.4, 0.5) is 0 Å². The van der Waals surface area contributed by atoms with E-state index in [9.17, 15) is 5.11 Å². The molecule has 2 aromatic rings. The van der Waals surface area contributed by atoms with E-state index in [1.807, 2.05) is 41.7 Å². The molecule has 0 spiro atoms. The minimum Gasteiger partial charge on any atom is -0.491 e. The minimum absolute atomic E-state index is 0.322. The monoisotopic (exact) mass is 333 g/mol. The van der Waals surface area contributed by atoms with Gasteiger partial charge < -0.3 is 9.84 Å². The topological polar surface area (TPSA) is 32.7 Å². The molecule has 0 aliphatic rings. The van der Waals surface area contributed by atoms with Crippen LogP contribution in [-0.2, 0) is 6.54 Å². The van der Waals surface area contributed by atoms with Gasteiger partial charge in [0, 0.05) is 29.4 Å². The van der Waals surface area contributed by atoms with Crippen molar-refractivity contribution in [2.24, 2.45) is 5.92 Å². The Bertz CT molecular complexity index is 568. The highest BCUT2D eigenvalue weighted by atomic mass is 32.1. The Morgan fingerprint density at radius 2 is 1.83 bits per heavy atom. The lowest BCUT2D eigenvalue weighted by Gasteiger charge is -2.26. The Morgan fingerprint density at radius 3 is 2.43 bits per heavy atom. The molecule has 1 aromatic heterocycles. The van der Waals surface area contributed by atoms with Crippen molar-refractivity contribution in [2.75, 3.05) is 19.7 Å². The van der Waals surface area contributed by atoms with Crippen LogP contribution in [0.2, 0.25) is 0 Å². The normalized spacial score (nSPS) is 12.8. The summed E-state index contributed by atoms with van der Waals surface area (Å²) in [6, 6.07) is 14.0. The number of benzene rings is 1. The highest BCUT2D eigenvalue weighted by molar-refractivity contribution is 7.11. The first-order valence-electron chi connectivity index (χ1n) is 8.16. The Balaban J connectivity index is 1.85. The molecular formula is C19H27NO2S. The molecule has 1 aromatic carbocycles. The van der Waals surface area contributed by atoms with Gasteiger partial charge in [0.15, 0.2) is 0 Å². The summed E-state index contributed by atoms with van der Waals surface area (Å²) >= 11 is 1.83.